The Hall–Kier alpha value is -2.93. The zero-order valence-electron chi connectivity index (χ0n) is 15.4. The SMILES string of the molecule is CN(C)c1cccc(-c2nc(C3CC(=O)N(c4ccc(F)cc4Cl)C3)no2)c1. The maximum atomic E-state index is 13.3. The lowest BCUT2D eigenvalue weighted by Crippen LogP contribution is -2.24. The van der Waals surface area contributed by atoms with Crippen LogP contribution in [0.5, 0.6) is 0 Å². The third-order valence-corrected chi connectivity index (χ3v) is 5.04. The molecule has 0 spiro atoms. The Morgan fingerprint density at radius 1 is 1.25 bits per heavy atom. The van der Waals surface area contributed by atoms with Gasteiger partial charge in [-0.25, -0.2) is 4.39 Å². The Morgan fingerprint density at radius 3 is 2.82 bits per heavy atom. The molecule has 1 unspecified atom stereocenters. The normalized spacial score (nSPS) is 16.6. The minimum Gasteiger partial charge on any atom is -0.378 e. The second-order valence-corrected chi connectivity index (χ2v) is 7.31. The third-order valence-electron chi connectivity index (χ3n) is 4.74. The van der Waals surface area contributed by atoms with Gasteiger partial charge in [0.05, 0.1) is 10.7 Å². The summed E-state index contributed by atoms with van der Waals surface area (Å²) in [5, 5.41) is 4.27. The molecule has 6 nitrogen and oxygen atoms in total. The van der Waals surface area contributed by atoms with Gasteiger partial charge >= 0.3 is 0 Å². The lowest BCUT2D eigenvalue weighted by Gasteiger charge is -2.17. The zero-order valence-corrected chi connectivity index (χ0v) is 16.2. The van der Waals surface area contributed by atoms with Crippen LogP contribution in [0.15, 0.2) is 47.0 Å². The topological polar surface area (TPSA) is 62.5 Å². The summed E-state index contributed by atoms with van der Waals surface area (Å²) in [6, 6.07) is 11.8. The lowest BCUT2D eigenvalue weighted by atomic mass is 10.1. The highest BCUT2D eigenvalue weighted by molar-refractivity contribution is 6.33. The molecule has 0 N–H and O–H groups in total. The van der Waals surface area contributed by atoms with Gasteiger partial charge in [0.1, 0.15) is 5.82 Å². The van der Waals surface area contributed by atoms with Crippen molar-refractivity contribution in [2.75, 3.05) is 30.4 Å². The molecule has 1 saturated heterocycles. The fraction of sp³-hybridized carbons (Fsp3) is 0.250. The average molecular weight is 401 g/mol. The first-order valence-corrected chi connectivity index (χ1v) is 9.17. The number of carbonyl (C=O) groups is 1. The lowest BCUT2D eigenvalue weighted by molar-refractivity contribution is -0.117. The fourth-order valence-corrected chi connectivity index (χ4v) is 3.52. The summed E-state index contributed by atoms with van der Waals surface area (Å²) >= 11 is 6.11. The molecule has 1 fully saturated rings. The van der Waals surface area contributed by atoms with Crippen LogP contribution in [0.4, 0.5) is 15.8 Å². The van der Waals surface area contributed by atoms with E-state index >= 15 is 0 Å². The van der Waals surface area contributed by atoms with Crippen molar-refractivity contribution >= 4 is 28.9 Å². The summed E-state index contributed by atoms with van der Waals surface area (Å²) < 4.78 is 18.7. The summed E-state index contributed by atoms with van der Waals surface area (Å²) in [6.07, 6.45) is 0.240. The highest BCUT2D eigenvalue weighted by Crippen LogP contribution is 2.35. The number of rotatable bonds is 4. The van der Waals surface area contributed by atoms with E-state index in [1.807, 2.05) is 43.3 Å². The molecule has 2 aromatic carbocycles. The van der Waals surface area contributed by atoms with Crippen LogP contribution in [-0.4, -0.2) is 36.7 Å². The van der Waals surface area contributed by atoms with Crippen molar-refractivity contribution in [1.82, 2.24) is 10.1 Å². The highest BCUT2D eigenvalue weighted by atomic mass is 35.5. The van der Waals surface area contributed by atoms with Gasteiger partial charge in [0.25, 0.3) is 5.89 Å². The maximum Gasteiger partial charge on any atom is 0.258 e. The Balaban J connectivity index is 1.56. The van der Waals surface area contributed by atoms with E-state index in [4.69, 9.17) is 16.1 Å². The molecule has 0 radical (unpaired) electrons. The first-order valence-electron chi connectivity index (χ1n) is 8.79. The minimum atomic E-state index is -0.445. The van der Waals surface area contributed by atoms with Crippen molar-refractivity contribution < 1.29 is 13.7 Å². The van der Waals surface area contributed by atoms with Crippen molar-refractivity contribution in [3.63, 3.8) is 0 Å². The van der Waals surface area contributed by atoms with Crippen LogP contribution in [0.2, 0.25) is 5.02 Å². The van der Waals surface area contributed by atoms with E-state index in [1.54, 1.807) is 0 Å². The number of anilines is 2. The van der Waals surface area contributed by atoms with E-state index in [-0.39, 0.29) is 23.3 Å². The number of hydrogen-bond donors (Lipinski definition) is 0. The van der Waals surface area contributed by atoms with Gasteiger partial charge in [0, 0.05) is 44.2 Å². The van der Waals surface area contributed by atoms with Crippen molar-refractivity contribution in [3.05, 3.63) is 59.1 Å². The standard InChI is InChI=1S/C20H18ClFN4O2/c1-25(2)15-5-3-4-12(8-15)20-23-19(24-28-20)13-9-18(27)26(11-13)17-7-6-14(22)10-16(17)21/h3-8,10,13H,9,11H2,1-2H3. The van der Waals surface area contributed by atoms with Gasteiger partial charge < -0.3 is 14.3 Å². The molecule has 0 aliphatic carbocycles. The van der Waals surface area contributed by atoms with E-state index < -0.39 is 5.82 Å². The molecule has 144 valence electrons. The van der Waals surface area contributed by atoms with E-state index in [0.29, 0.717) is 23.9 Å². The number of halogens is 2. The summed E-state index contributed by atoms with van der Waals surface area (Å²) in [5.41, 5.74) is 2.32. The predicted molar refractivity (Wildman–Crippen MR) is 105 cm³/mol. The number of hydrogen-bond acceptors (Lipinski definition) is 5. The van der Waals surface area contributed by atoms with Gasteiger partial charge in [-0.15, -0.1) is 0 Å². The Labute approximate surface area is 166 Å². The van der Waals surface area contributed by atoms with Crippen LogP contribution in [0.1, 0.15) is 18.2 Å². The predicted octanol–water partition coefficient (Wildman–Crippen LogP) is 4.12. The van der Waals surface area contributed by atoms with Gasteiger partial charge in [-0.1, -0.05) is 22.8 Å². The molecule has 1 aliphatic rings. The molecule has 3 aromatic rings. The average Bonchev–Trinajstić information content (AvgIpc) is 3.29. The van der Waals surface area contributed by atoms with Crippen molar-refractivity contribution in [1.29, 1.82) is 0 Å². The fourth-order valence-electron chi connectivity index (χ4n) is 3.25. The zero-order chi connectivity index (χ0) is 19.8. The van der Waals surface area contributed by atoms with Crippen molar-refractivity contribution in [2.24, 2.45) is 0 Å². The molecule has 1 aromatic heterocycles. The van der Waals surface area contributed by atoms with E-state index in [1.165, 1.54) is 23.1 Å². The number of carbonyl (C=O) groups excluding carboxylic acids is 1. The van der Waals surface area contributed by atoms with Crippen LogP contribution >= 0.6 is 11.6 Å². The number of amides is 1. The molecule has 2 heterocycles. The van der Waals surface area contributed by atoms with E-state index in [9.17, 15) is 9.18 Å². The van der Waals surface area contributed by atoms with Crippen LogP contribution in [0.3, 0.4) is 0 Å². The number of aromatic nitrogens is 2. The summed E-state index contributed by atoms with van der Waals surface area (Å²) in [5.74, 6) is 0.103. The van der Waals surface area contributed by atoms with Gasteiger partial charge in [-0.05, 0) is 36.4 Å². The van der Waals surface area contributed by atoms with Crippen molar-refractivity contribution in [3.8, 4) is 11.5 Å². The molecule has 1 amide bonds. The largest absolute Gasteiger partial charge is 0.378 e. The second kappa shape index (κ2) is 7.24. The molecule has 4 rings (SSSR count). The molecular formula is C20H18ClFN4O2. The number of benzene rings is 2. The monoisotopic (exact) mass is 400 g/mol. The molecule has 0 saturated carbocycles. The van der Waals surface area contributed by atoms with Crippen molar-refractivity contribution in [2.45, 2.75) is 12.3 Å². The molecule has 8 heteroatoms. The first kappa shape index (κ1) is 18.4. The summed E-state index contributed by atoms with van der Waals surface area (Å²) in [6.45, 7) is 0.362. The molecule has 28 heavy (non-hydrogen) atoms. The molecule has 1 atom stereocenters. The Morgan fingerprint density at radius 2 is 2.07 bits per heavy atom. The molecular weight excluding hydrogens is 383 g/mol. The van der Waals surface area contributed by atoms with Gasteiger partial charge in [-0.3, -0.25) is 4.79 Å². The summed E-state index contributed by atoms with van der Waals surface area (Å²) in [4.78, 5) is 20.5. The summed E-state index contributed by atoms with van der Waals surface area (Å²) in [7, 11) is 3.91. The van der Waals surface area contributed by atoms with E-state index in [0.717, 1.165) is 11.3 Å². The first-order chi connectivity index (χ1) is 13.4. The van der Waals surface area contributed by atoms with E-state index in [2.05, 4.69) is 10.1 Å². The van der Waals surface area contributed by atoms with Gasteiger partial charge in [0.2, 0.25) is 5.91 Å². The smallest absolute Gasteiger partial charge is 0.258 e. The minimum absolute atomic E-state index is 0.112. The Bertz CT molecular complexity index is 1040. The van der Waals surface area contributed by atoms with Crippen LogP contribution in [-0.2, 0) is 4.79 Å². The number of nitrogens with zero attached hydrogens (tertiary/aromatic N) is 4. The van der Waals surface area contributed by atoms with Gasteiger partial charge in [-0.2, -0.15) is 4.98 Å². The van der Waals surface area contributed by atoms with Gasteiger partial charge in [0.15, 0.2) is 5.82 Å². The van der Waals surface area contributed by atoms with Crippen LogP contribution < -0.4 is 9.80 Å². The highest BCUT2D eigenvalue weighted by Gasteiger charge is 2.35. The maximum absolute atomic E-state index is 13.3. The second-order valence-electron chi connectivity index (χ2n) is 6.90. The third kappa shape index (κ3) is 3.45. The molecule has 1 aliphatic heterocycles. The Kier molecular flexibility index (Phi) is 4.77. The van der Waals surface area contributed by atoms with Crippen LogP contribution in [0.25, 0.3) is 11.5 Å². The van der Waals surface area contributed by atoms with Crippen LogP contribution in [0, 0.1) is 5.82 Å². The molecule has 0 bridgehead atoms. The quantitative estimate of drug-likeness (QED) is 0.659.